The molecule has 2 aromatic rings. The fraction of sp³-hybridized carbons (Fsp3) is 0.0667. The van der Waals surface area contributed by atoms with E-state index in [4.69, 9.17) is 5.11 Å². The van der Waals surface area contributed by atoms with E-state index in [1.54, 1.807) is 6.07 Å². The van der Waals surface area contributed by atoms with Crippen LogP contribution in [0, 0.1) is 11.6 Å². The highest BCUT2D eigenvalue weighted by Gasteiger charge is 2.16. The molecule has 0 saturated heterocycles. The van der Waals surface area contributed by atoms with Crippen LogP contribution in [0.1, 0.15) is 26.3 Å². The normalized spacial score (nSPS) is 10.3. The highest BCUT2D eigenvalue weighted by Crippen LogP contribution is 2.15. The molecule has 0 spiro atoms. The number of carbonyl (C=O) groups excluding carboxylic acids is 1. The summed E-state index contributed by atoms with van der Waals surface area (Å²) in [4.78, 5) is 23.0. The predicted molar refractivity (Wildman–Crippen MR) is 67.8 cm³/mol. The van der Waals surface area contributed by atoms with E-state index in [2.05, 4.69) is 0 Å². The number of carboxylic acids is 1. The number of aromatic carboxylic acids is 1. The molecule has 3 nitrogen and oxygen atoms in total. The van der Waals surface area contributed by atoms with E-state index in [0.717, 1.165) is 12.1 Å². The second-order valence-electron chi connectivity index (χ2n) is 4.19. The summed E-state index contributed by atoms with van der Waals surface area (Å²) in [6.45, 7) is 0. The Bertz CT molecular complexity index is 681. The zero-order valence-electron chi connectivity index (χ0n) is 10.3. The molecule has 0 saturated carbocycles. The van der Waals surface area contributed by atoms with Gasteiger partial charge in [-0.1, -0.05) is 18.2 Å². The predicted octanol–water partition coefficient (Wildman–Crippen LogP) is 3.09. The molecule has 0 radical (unpaired) electrons. The smallest absolute Gasteiger partial charge is 0.335 e. The molecule has 2 aromatic carbocycles. The zero-order valence-corrected chi connectivity index (χ0v) is 10.3. The van der Waals surface area contributed by atoms with E-state index in [1.165, 1.54) is 18.2 Å². The summed E-state index contributed by atoms with van der Waals surface area (Å²) in [5, 5.41) is 9.01. The molecule has 0 aliphatic heterocycles. The Hall–Kier alpha value is -2.56. The second-order valence-corrected chi connectivity index (χ2v) is 4.19. The molecule has 0 atom stereocenters. The van der Waals surface area contributed by atoms with Crippen molar-refractivity contribution in [3.05, 3.63) is 70.8 Å². The Labute approximate surface area is 113 Å². The molecule has 0 aromatic heterocycles. The van der Waals surface area contributed by atoms with Crippen molar-refractivity contribution >= 4 is 11.8 Å². The number of halogens is 2. The van der Waals surface area contributed by atoms with Crippen molar-refractivity contribution in [1.82, 2.24) is 0 Å². The summed E-state index contributed by atoms with van der Waals surface area (Å²) in [6, 6.07) is 8.65. The molecule has 0 unspecified atom stereocenters. The van der Waals surface area contributed by atoms with Gasteiger partial charge in [0.25, 0.3) is 0 Å². The summed E-state index contributed by atoms with van der Waals surface area (Å²) in [5.41, 5.74) is 0.0173. The maximum atomic E-state index is 13.5. The van der Waals surface area contributed by atoms with Gasteiger partial charge in [0.1, 0.15) is 11.6 Å². The number of carboxylic acid groups (broad SMARTS) is 1. The molecule has 0 heterocycles. The fourth-order valence-corrected chi connectivity index (χ4v) is 1.87. The molecular weight excluding hydrogens is 266 g/mol. The van der Waals surface area contributed by atoms with Crippen LogP contribution < -0.4 is 0 Å². The molecule has 2 rings (SSSR count). The van der Waals surface area contributed by atoms with Crippen molar-refractivity contribution in [2.45, 2.75) is 6.42 Å². The van der Waals surface area contributed by atoms with Crippen molar-refractivity contribution in [3.8, 4) is 0 Å². The molecule has 1 N–H and O–H groups in total. The number of ketones is 1. The van der Waals surface area contributed by atoms with Crippen LogP contribution >= 0.6 is 0 Å². The number of carbonyl (C=O) groups is 2. The van der Waals surface area contributed by atoms with E-state index in [9.17, 15) is 18.4 Å². The van der Waals surface area contributed by atoms with Gasteiger partial charge in [0, 0.05) is 12.5 Å². The van der Waals surface area contributed by atoms with Gasteiger partial charge in [-0.15, -0.1) is 0 Å². The Kier molecular flexibility index (Phi) is 3.89. The van der Waals surface area contributed by atoms with E-state index in [1.807, 2.05) is 0 Å². The van der Waals surface area contributed by atoms with Crippen LogP contribution in [0.2, 0.25) is 0 Å². The van der Waals surface area contributed by atoms with Crippen LogP contribution in [-0.4, -0.2) is 16.9 Å². The minimum absolute atomic E-state index is 0.0108. The van der Waals surface area contributed by atoms with Gasteiger partial charge >= 0.3 is 5.97 Å². The number of hydrogen-bond donors (Lipinski definition) is 1. The van der Waals surface area contributed by atoms with E-state index in [0.29, 0.717) is 6.07 Å². The van der Waals surface area contributed by atoms with Crippen molar-refractivity contribution in [1.29, 1.82) is 0 Å². The summed E-state index contributed by atoms with van der Waals surface area (Å²) < 4.78 is 26.3. The van der Waals surface area contributed by atoms with Gasteiger partial charge in [-0.25, -0.2) is 13.6 Å². The number of Topliss-reactive ketones (excluding diaryl/α,β-unsaturated/α-hetero) is 1. The van der Waals surface area contributed by atoms with Gasteiger partial charge in [-0.05, 0) is 23.8 Å². The number of hydrogen-bond acceptors (Lipinski definition) is 2. The highest BCUT2D eigenvalue weighted by atomic mass is 19.1. The molecular formula is C15H10F2O3. The van der Waals surface area contributed by atoms with Gasteiger partial charge in [0.05, 0.1) is 11.1 Å². The monoisotopic (exact) mass is 276 g/mol. The minimum atomic E-state index is -1.16. The molecule has 20 heavy (non-hydrogen) atoms. The highest BCUT2D eigenvalue weighted by molar-refractivity contribution is 5.99. The molecule has 5 heteroatoms. The summed E-state index contributed by atoms with van der Waals surface area (Å²) >= 11 is 0. The first-order valence-corrected chi connectivity index (χ1v) is 5.78. The number of benzene rings is 2. The van der Waals surface area contributed by atoms with Gasteiger partial charge in [0.15, 0.2) is 5.78 Å². The van der Waals surface area contributed by atoms with E-state index in [-0.39, 0.29) is 23.1 Å². The topological polar surface area (TPSA) is 54.4 Å². The van der Waals surface area contributed by atoms with Crippen LogP contribution in [0.5, 0.6) is 0 Å². The summed E-state index contributed by atoms with van der Waals surface area (Å²) in [7, 11) is 0. The first-order chi connectivity index (χ1) is 9.49. The average Bonchev–Trinajstić information content (AvgIpc) is 2.38. The lowest BCUT2D eigenvalue weighted by Crippen LogP contribution is -2.10. The second kappa shape index (κ2) is 5.61. The molecule has 0 aliphatic rings. The third-order valence-corrected chi connectivity index (χ3v) is 2.83. The summed E-state index contributed by atoms with van der Waals surface area (Å²) in [5.74, 6) is -3.49. The molecule has 0 bridgehead atoms. The lowest BCUT2D eigenvalue weighted by Gasteiger charge is -2.06. The molecule has 0 amide bonds. The molecule has 102 valence electrons. The molecule has 0 aliphatic carbocycles. The SMILES string of the molecule is O=C(Cc1ccccc1C(=O)O)c1ccc(F)cc1F. The quantitative estimate of drug-likeness (QED) is 0.873. The lowest BCUT2D eigenvalue weighted by molar-refractivity contribution is 0.0696. The third-order valence-electron chi connectivity index (χ3n) is 2.83. The van der Waals surface area contributed by atoms with Gasteiger partial charge in [-0.2, -0.15) is 0 Å². The maximum absolute atomic E-state index is 13.5. The van der Waals surface area contributed by atoms with Gasteiger partial charge in [-0.3, -0.25) is 4.79 Å². The van der Waals surface area contributed by atoms with Crippen molar-refractivity contribution < 1.29 is 23.5 Å². The van der Waals surface area contributed by atoms with Gasteiger partial charge in [0.2, 0.25) is 0 Å². The largest absolute Gasteiger partial charge is 0.478 e. The van der Waals surface area contributed by atoms with Crippen LogP contribution in [0.15, 0.2) is 42.5 Å². The zero-order chi connectivity index (χ0) is 14.7. The standard InChI is InChI=1S/C15H10F2O3/c16-10-5-6-12(13(17)8-10)14(18)7-9-3-1-2-4-11(9)15(19)20/h1-6,8H,7H2,(H,19,20). The Morgan fingerprint density at radius 3 is 2.35 bits per heavy atom. The Morgan fingerprint density at radius 1 is 1.00 bits per heavy atom. The Balaban J connectivity index is 2.30. The Morgan fingerprint density at radius 2 is 1.70 bits per heavy atom. The van der Waals surface area contributed by atoms with Crippen LogP contribution in [0.25, 0.3) is 0 Å². The van der Waals surface area contributed by atoms with Crippen LogP contribution in [0.3, 0.4) is 0 Å². The minimum Gasteiger partial charge on any atom is -0.478 e. The van der Waals surface area contributed by atoms with Crippen molar-refractivity contribution in [2.24, 2.45) is 0 Å². The lowest BCUT2D eigenvalue weighted by atomic mass is 9.98. The average molecular weight is 276 g/mol. The van der Waals surface area contributed by atoms with Gasteiger partial charge < -0.3 is 5.11 Å². The fourth-order valence-electron chi connectivity index (χ4n) is 1.87. The van der Waals surface area contributed by atoms with E-state index < -0.39 is 23.4 Å². The summed E-state index contributed by atoms with van der Waals surface area (Å²) in [6.07, 6.45) is -0.259. The first-order valence-electron chi connectivity index (χ1n) is 5.78. The number of rotatable bonds is 4. The molecule has 0 fully saturated rings. The van der Waals surface area contributed by atoms with Crippen LogP contribution in [0.4, 0.5) is 8.78 Å². The van der Waals surface area contributed by atoms with Crippen LogP contribution in [-0.2, 0) is 6.42 Å². The van der Waals surface area contributed by atoms with E-state index >= 15 is 0 Å². The van der Waals surface area contributed by atoms with Crippen molar-refractivity contribution in [2.75, 3.05) is 0 Å². The third kappa shape index (κ3) is 2.88. The first kappa shape index (κ1) is 13.9. The maximum Gasteiger partial charge on any atom is 0.335 e. The van der Waals surface area contributed by atoms with Crippen molar-refractivity contribution in [3.63, 3.8) is 0 Å².